The average molecular weight is 679 g/mol. The first-order valence-corrected chi connectivity index (χ1v) is 17.3. The van der Waals surface area contributed by atoms with Crippen molar-refractivity contribution < 1.29 is 18.3 Å². The topological polar surface area (TPSA) is 162 Å². The zero-order valence-corrected chi connectivity index (χ0v) is 28.4. The second-order valence-electron chi connectivity index (χ2n) is 12.5. The lowest BCUT2D eigenvalue weighted by Gasteiger charge is -2.23. The predicted molar refractivity (Wildman–Crippen MR) is 191 cm³/mol. The van der Waals surface area contributed by atoms with Crippen molar-refractivity contribution in [3.63, 3.8) is 0 Å². The summed E-state index contributed by atoms with van der Waals surface area (Å²) in [5, 5.41) is 2.81. The van der Waals surface area contributed by atoms with E-state index in [1.54, 1.807) is 18.5 Å². The third kappa shape index (κ3) is 7.99. The summed E-state index contributed by atoms with van der Waals surface area (Å²) in [5.41, 5.74) is 12.9. The molecule has 0 bridgehead atoms. The summed E-state index contributed by atoms with van der Waals surface area (Å²) in [5.74, 6) is -0.344. The van der Waals surface area contributed by atoms with Gasteiger partial charge in [-0.25, -0.2) is 9.19 Å². The number of carbonyl (C=O) groups is 1. The molecule has 1 saturated heterocycles. The first kappa shape index (κ1) is 33.8. The third-order valence-corrected chi connectivity index (χ3v) is 9.15. The van der Waals surface area contributed by atoms with E-state index in [2.05, 4.69) is 20.3 Å². The molecule has 1 amide bonds. The van der Waals surface area contributed by atoms with E-state index in [1.165, 1.54) is 6.20 Å². The Morgan fingerprint density at radius 1 is 0.959 bits per heavy atom. The molecule has 0 radical (unpaired) electrons. The number of hydrogen-bond donors (Lipinski definition) is 3. The van der Waals surface area contributed by atoms with E-state index in [4.69, 9.17) is 10.5 Å². The van der Waals surface area contributed by atoms with Crippen LogP contribution in [0.25, 0.3) is 33.5 Å². The maximum atomic E-state index is 13.8. The van der Waals surface area contributed by atoms with E-state index in [-0.39, 0.29) is 22.8 Å². The number of nitrogens with zero attached hydrogens (tertiary/aromatic N) is 4. The SMILES string of the molecule is Cc1ccc(-c2cn(CC3CCOCC3)cc(C(=O)Nc3cnc(-c4cc(-c5cc(C)nc(C)c5)cnc4N)c(CS(=O)O)c3)c2=O)cc1. The van der Waals surface area contributed by atoms with Crippen LogP contribution in [0.4, 0.5) is 11.5 Å². The zero-order valence-electron chi connectivity index (χ0n) is 27.6. The molecular weight excluding hydrogens is 641 g/mol. The lowest BCUT2D eigenvalue weighted by atomic mass is 9.99. The molecule has 49 heavy (non-hydrogen) atoms. The molecule has 6 rings (SSSR count). The van der Waals surface area contributed by atoms with Crippen molar-refractivity contribution >= 4 is 28.5 Å². The summed E-state index contributed by atoms with van der Waals surface area (Å²) in [4.78, 5) is 41.0. The van der Waals surface area contributed by atoms with Crippen LogP contribution in [0.1, 0.15) is 45.7 Å². The average Bonchev–Trinajstić information content (AvgIpc) is 3.06. The molecule has 1 fully saturated rings. The highest BCUT2D eigenvalue weighted by Crippen LogP contribution is 2.33. The highest BCUT2D eigenvalue weighted by Gasteiger charge is 2.21. The van der Waals surface area contributed by atoms with Crippen LogP contribution in [-0.2, 0) is 28.1 Å². The molecule has 0 saturated carbocycles. The summed E-state index contributed by atoms with van der Waals surface area (Å²) >= 11 is -2.23. The molecule has 1 aliphatic rings. The van der Waals surface area contributed by atoms with Crippen LogP contribution >= 0.6 is 0 Å². The minimum atomic E-state index is -2.23. The van der Waals surface area contributed by atoms with Gasteiger partial charge in [-0.05, 0) is 80.5 Å². The van der Waals surface area contributed by atoms with Gasteiger partial charge in [0, 0.05) is 66.4 Å². The smallest absolute Gasteiger partial charge is 0.261 e. The normalized spacial score (nSPS) is 14.0. The number of anilines is 2. The molecule has 1 aromatic carbocycles. The van der Waals surface area contributed by atoms with Crippen LogP contribution in [0.3, 0.4) is 0 Å². The molecule has 1 unspecified atom stereocenters. The molecule has 1 aliphatic heterocycles. The number of hydrogen-bond acceptors (Lipinski definition) is 8. The van der Waals surface area contributed by atoms with E-state index in [0.717, 1.165) is 46.5 Å². The summed E-state index contributed by atoms with van der Waals surface area (Å²) < 4.78 is 29.4. The van der Waals surface area contributed by atoms with Crippen molar-refractivity contribution in [1.82, 2.24) is 19.5 Å². The number of carbonyl (C=O) groups excluding carboxylic acids is 1. The van der Waals surface area contributed by atoms with Crippen LogP contribution in [0, 0.1) is 26.7 Å². The van der Waals surface area contributed by atoms with Gasteiger partial charge in [-0.2, -0.15) is 0 Å². The molecule has 4 N–H and O–H groups in total. The zero-order chi connectivity index (χ0) is 34.7. The molecule has 12 heteroatoms. The van der Waals surface area contributed by atoms with Crippen molar-refractivity contribution in [3.05, 3.63) is 112 Å². The number of amides is 1. The van der Waals surface area contributed by atoms with Crippen molar-refractivity contribution in [2.24, 2.45) is 5.92 Å². The molecule has 0 aliphatic carbocycles. The molecule has 252 valence electrons. The fourth-order valence-electron chi connectivity index (χ4n) is 6.15. The van der Waals surface area contributed by atoms with Gasteiger partial charge in [-0.1, -0.05) is 29.8 Å². The summed E-state index contributed by atoms with van der Waals surface area (Å²) in [7, 11) is 0. The van der Waals surface area contributed by atoms with Gasteiger partial charge >= 0.3 is 0 Å². The minimum absolute atomic E-state index is 0.0226. The van der Waals surface area contributed by atoms with E-state index < -0.39 is 22.4 Å². The Kier molecular flexibility index (Phi) is 10.1. The fraction of sp³-hybridized carbons (Fsp3) is 0.270. The molecule has 5 heterocycles. The molecule has 1 atom stereocenters. The van der Waals surface area contributed by atoms with E-state index >= 15 is 0 Å². The van der Waals surface area contributed by atoms with E-state index in [9.17, 15) is 18.4 Å². The Morgan fingerprint density at radius 3 is 2.37 bits per heavy atom. The highest BCUT2D eigenvalue weighted by molar-refractivity contribution is 7.78. The first-order chi connectivity index (χ1) is 23.5. The maximum absolute atomic E-state index is 13.8. The lowest BCUT2D eigenvalue weighted by Crippen LogP contribution is -2.26. The molecule has 5 aromatic rings. The van der Waals surface area contributed by atoms with E-state index in [1.807, 2.05) is 74.0 Å². The quantitative estimate of drug-likeness (QED) is 0.160. The van der Waals surface area contributed by atoms with Gasteiger partial charge in [-0.3, -0.25) is 19.6 Å². The third-order valence-electron chi connectivity index (χ3n) is 8.59. The number of nitrogens with two attached hydrogens (primary N) is 1. The standard InChI is InChI=1S/C37H38N6O5S/c1-22-4-6-26(7-5-22)32-19-43(18-25-8-10-48-11-9-25)20-33(35(32)44)37(45)42-30-14-29(21-49(46)47)34(39-17-30)31-15-28(16-40-36(31)38)27-12-23(2)41-24(3)13-27/h4-7,12-17,19-20,25H,8-11,18,21H2,1-3H3,(H2,38,40)(H,42,45)(H,46,47). The Hall–Kier alpha value is -5.04. The van der Waals surface area contributed by atoms with Gasteiger partial charge in [0.15, 0.2) is 11.1 Å². The molecule has 0 spiro atoms. The Labute approximate surface area is 286 Å². The van der Waals surface area contributed by atoms with Crippen LogP contribution in [0.5, 0.6) is 0 Å². The predicted octanol–water partition coefficient (Wildman–Crippen LogP) is 5.94. The Balaban J connectivity index is 1.36. The molecular formula is C37H38N6O5S. The second kappa shape index (κ2) is 14.6. The summed E-state index contributed by atoms with van der Waals surface area (Å²) in [6.45, 7) is 7.79. The first-order valence-electron chi connectivity index (χ1n) is 16.0. The van der Waals surface area contributed by atoms with Gasteiger partial charge in [0.05, 0.1) is 23.3 Å². The number of nitrogens with one attached hydrogen (secondary N) is 1. The summed E-state index contributed by atoms with van der Waals surface area (Å²) in [6.07, 6.45) is 8.29. The fourth-order valence-corrected chi connectivity index (χ4v) is 6.64. The molecule has 11 nitrogen and oxygen atoms in total. The van der Waals surface area contributed by atoms with Crippen molar-refractivity contribution in [3.8, 4) is 33.5 Å². The number of ether oxygens (including phenoxy) is 1. The van der Waals surface area contributed by atoms with Gasteiger partial charge < -0.3 is 24.9 Å². The lowest BCUT2D eigenvalue weighted by molar-refractivity contribution is 0.0612. The van der Waals surface area contributed by atoms with Crippen LogP contribution in [0.15, 0.2) is 78.1 Å². The largest absolute Gasteiger partial charge is 0.383 e. The van der Waals surface area contributed by atoms with Crippen molar-refractivity contribution in [2.75, 3.05) is 24.3 Å². The van der Waals surface area contributed by atoms with Gasteiger partial charge in [0.2, 0.25) is 5.43 Å². The number of aromatic nitrogens is 4. The van der Waals surface area contributed by atoms with Gasteiger partial charge in [0.25, 0.3) is 5.91 Å². The number of aryl methyl sites for hydroxylation is 3. The van der Waals surface area contributed by atoms with Crippen LogP contribution < -0.4 is 16.5 Å². The van der Waals surface area contributed by atoms with Crippen LogP contribution in [-0.4, -0.2) is 47.4 Å². The Bertz CT molecular complexity index is 2090. The Morgan fingerprint density at radius 2 is 1.67 bits per heavy atom. The van der Waals surface area contributed by atoms with Gasteiger partial charge in [-0.15, -0.1) is 0 Å². The second-order valence-corrected chi connectivity index (χ2v) is 13.4. The van der Waals surface area contributed by atoms with Gasteiger partial charge in [0.1, 0.15) is 11.4 Å². The number of rotatable bonds is 9. The van der Waals surface area contributed by atoms with Crippen molar-refractivity contribution in [1.29, 1.82) is 0 Å². The number of pyridine rings is 4. The maximum Gasteiger partial charge on any atom is 0.261 e. The monoisotopic (exact) mass is 678 g/mol. The highest BCUT2D eigenvalue weighted by atomic mass is 32.2. The number of nitrogen functional groups attached to an aromatic ring is 1. The van der Waals surface area contributed by atoms with E-state index in [0.29, 0.717) is 48.1 Å². The van der Waals surface area contributed by atoms with Crippen LogP contribution in [0.2, 0.25) is 0 Å². The summed E-state index contributed by atoms with van der Waals surface area (Å²) in [6, 6.07) is 14.9. The number of benzene rings is 1. The minimum Gasteiger partial charge on any atom is -0.383 e. The van der Waals surface area contributed by atoms with Crippen molar-refractivity contribution in [2.45, 2.75) is 45.9 Å². The molecule has 4 aromatic heterocycles.